The van der Waals surface area contributed by atoms with Gasteiger partial charge in [-0.2, -0.15) is 0 Å². The second kappa shape index (κ2) is 15.1. The second-order valence-electron chi connectivity index (χ2n) is 7.25. The molecule has 0 bridgehead atoms. The lowest BCUT2D eigenvalue weighted by atomic mass is 10.2. The number of hydrogen-bond donors (Lipinski definition) is 0. The van der Waals surface area contributed by atoms with E-state index in [4.69, 9.17) is 0 Å². The first kappa shape index (κ1) is 27.3. The summed E-state index contributed by atoms with van der Waals surface area (Å²) in [6.45, 7) is 2.26. The minimum absolute atomic E-state index is 0. The molecule has 0 amide bonds. The first-order valence-corrected chi connectivity index (χ1v) is 12.6. The van der Waals surface area contributed by atoms with Crippen LogP contribution in [0.1, 0.15) is 4.88 Å². The molecule has 4 aromatic rings. The molecule has 2 aromatic carbocycles. The maximum atomic E-state index is 3.31. The van der Waals surface area contributed by atoms with E-state index in [0.717, 1.165) is 24.8 Å². The molecule has 0 fully saturated rings. The zero-order valence-electron chi connectivity index (χ0n) is 18.2. The number of halogens is 2. The molecule has 0 saturated carbocycles. The van der Waals surface area contributed by atoms with Crippen LogP contribution >= 0.6 is 55.6 Å². The lowest BCUT2D eigenvalue weighted by molar-refractivity contribution is 0.415. The Morgan fingerprint density at radius 3 is 1.90 bits per heavy atom. The maximum Gasteiger partial charge on any atom is 0.0345 e. The number of rotatable bonds is 5. The van der Waals surface area contributed by atoms with Gasteiger partial charge < -0.3 is 9.80 Å². The van der Waals surface area contributed by atoms with Gasteiger partial charge in [-0.1, -0.05) is 52.3 Å². The van der Waals surface area contributed by atoms with E-state index in [9.17, 15) is 0 Å². The molecule has 6 heteroatoms. The lowest BCUT2D eigenvalue weighted by Crippen LogP contribution is -2.14. The molecule has 0 N–H and O–H groups in total. The van der Waals surface area contributed by atoms with Crippen LogP contribution in [0.3, 0.4) is 0 Å². The summed E-state index contributed by atoms with van der Waals surface area (Å²) in [5, 5.41) is 5.92. The van der Waals surface area contributed by atoms with E-state index in [1.54, 1.807) is 11.3 Å². The topological polar surface area (TPSA) is 6.48 Å². The van der Waals surface area contributed by atoms with Gasteiger partial charge in [-0.15, -0.1) is 39.7 Å². The van der Waals surface area contributed by atoms with E-state index in [1.807, 2.05) is 11.3 Å². The largest absolute Gasteiger partial charge is 0.309 e. The average molecular weight is 572 g/mol. The van der Waals surface area contributed by atoms with Gasteiger partial charge in [0.2, 0.25) is 0 Å². The highest BCUT2D eigenvalue weighted by Gasteiger charge is 2.01. The third-order valence-electron chi connectivity index (χ3n) is 4.18. The zero-order chi connectivity index (χ0) is 21.1. The van der Waals surface area contributed by atoms with Crippen LogP contribution in [0.15, 0.2) is 66.0 Å². The Labute approximate surface area is 208 Å². The van der Waals surface area contributed by atoms with Gasteiger partial charge >= 0.3 is 0 Å². The Balaban J connectivity index is 0.000000243. The van der Waals surface area contributed by atoms with Crippen molar-refractivity contribution in [3.8, 4) is 0 Å². The molecular weight excluding hydrogens is 540 g/mol. The summed E-state index contributed by atoms with van der Waals surface area (Å²) in [6.07, 6.45) is 1.16. The van der Waals surface area contributed by atoms with Crippen LogP contribution in [0.4, 0.5) is 0 Å². The van der Waals surface area contributed by atoms with Crippen molar-refractivity contribution in [3.63, 3.8) is 0 Å². The first-order chi connectivity index (χ1) is 14.0. The summed E-state index contributed by atoms with van der Waals surface area (Å²) in [4.78, 5) is 5.85. The van der Waals surface area contributed by atoms with Crippen molar-refractivity contribution in [3.05, 3.63) is 70.9 Å². The van der Waals surface area contributed by atoms with Gasteiger partial charge in [0.15, 0.2) is 0 Å². The molecule has 2 aromatic heterocycles. The van der Waals surface area contributed by atoms with Crippen molar-refractivity contribution in [1.29, 1.82) is 0 Å². The standard InChI is InChI=1S/C12H15NS.C8H6S.C4H10BrN.BrH/c1-13(2)8-7-11-9-10-5-3-4-6-12(10)14-11;1-2-4-8-7(3-1)5-6-9-8;1-6(2)4-3-5;/h3-6,9H,7-8H2,1-2H3;1-6H;3-4H2,1-2H3;1H. The smallest absolute Gasteiger partial charge is 0.0345 e. The number of likely N-dealkylation sites (N-methyl/N-ethyl adjacent to an activating group) is 1. The summed E-state index contributed by atoms with van der Waals surface area (Å²) in [7, 11) is 8.35. The highest BCUT2D eigenvalue weighted by atomic mass is 79.9. The molecule has 0 radical (unpaired) electrons. The Hall–Kier alpha value is -0.760. The molecule has 4 rings (SSSR count). The molecule has 2 heterocycles. The Bertz CT molecular complexity index is 901. The van der Waals surface area contributed by atoms with Gasteiger partial charge in [0, 0.05) is 32.7 Å². The molecule has 30 heavy (non-hydrogen) atoms. The number of fused-ring (bicyclic) bond motifs is 2. The predicted molar refractivity (Wildman–Crippen MR) is 149 cm³/mol. The van der Waals surface area contributed by atoms with Gasteiger partial charge in [0.25, 0.3) is 0 Å². The van der Waals surface area contributed by atoms with Crippen molar-refractivity contribution in [2.45, 2.75) is 6.42 Å². The second-order valence-corrected chi connectivity index (χ2v) is 10.2. The van der Waals surface area contributed by atoms with Crippen molar-refractivity contribution >= 4 is 75.8 Å². The van der Waals surface area contributed by atoms with Crippen molar-refractivity contribution < 1.29 is 0 Å². The molecule has 164 valence electrons. The van der Waals surface area contributed by atoms with Gasteiger partial charge in [-0.25, -0.2) is 0 Å². The van der Waals surface area contributed by atoms with Gasteiger partial charge in [0.05, 0.1) is 0 Å². The van der Waals surface area contributed by atoms with Crippen molar-refractivity contribution in [1.82, 2.24) is 9.80 Å². The summed E-state index contributed by atoms with van der Waals surface area (Å²) in [6, 6.07) is 21.4. The number of alkyl halides is 1. The normalized spacial score (nSPS) is 10.4. The van der Waals surface area contributed by atoms with Crippen LogP contribution in [0.5, 0.6) is 0 Å². The Morgan fingerprint density at radius 1 is 0.767 bits per heavy atom. The maximum absolute atomic E-state index is 3.31. The van der Waals surface area contributed by atoms with Crippen molar-refractivity contribution in [2.24, 2.45) is 0 Å². The fraction of sp³-hybridized carbons (Fsp3) is 0.333. The van der Waals surface area contributed by atoms with Crippen LogP contribution in [0.2, 0.25) is 0 Å². The molecule has 0 aliphatic rings. The SMILES string of the molecule is Br.CN(C)CCBr.CN(C)CCc1cc2ccccc2s1.c1ccc2sccc2c1. The number of nitrogens with zero attached hydrogens (tertiary/aromatic N) is 2. The van der Waals surface area contributed by atoms with Gasteiger partial charge in [-0.3, -0.25) is 0 Å². The van der Waals surface area contributed by atoms with Crippen LogP contribution in [0.25, 0.3) is 20.2 Å². The van der Waals surface area contributed by atoms with Gasteiger partial charge in [0.1, 0.15) is 0 Å². The molecular formula is C24H32Br2N2S2. The van der Waals surface area contributed by atoms with E-state index >= 15 is 0 Å². The van der Waals surface area contributed by atoms with E-state index in [-0.39, 0.29) is 17.0 Å². The first-order valence-electron chi connectivity index (χ1n) is 9.74. The van der Waals surface area contributed by atoms with E-state index in [2.05, 4.69) is 120 Å². The molecule has 0 atom stereocenters. The highest BCUT2D eigenvalue weighted by molar-refractivity contribution is 9.09. The highest BCUT2D eigenvalue weighted by Crippen LogP contribution is 2.25. The fourth-order valence-electron chi connectivity index (χ4n) is 2.57. The van der Waals surface area contributed by atoms with E-state index in [0.29, 0.717) is 0 Å². The van der Waals surface area contributed by atoms with Crippen LogP contribution < -0.4 is 0 Å². The quantitative estimate of drug-likeness (QED) is 0.230. The number of hydrogen-bond acceptors (Lipinski definition) is 4. The minimum Gasteiger partial charge on any atom is -0.309 e. The molecule has 0 unspecified atom stereocenters. The fourth-order valence-corrected chi connectivity index (χ4v) is 5.12. The molecule has 0 saturated heterocycles. The third-order valence-corrected chi connectivity index (χ3v) is 6.60. The average Bonchev–Trinajstić information content (AvgIpc) is 3.33. The van der Waals surface area contributed by atoms with Crippen LogP contribution in [-0.2, 0) is 6.42 Å². The monoisotopic (exact) mass is 570 g/mol. The lowest BCUT2D eigenvalue weighted by Gasteiger charge is -2.06. The predicted octanol–water partition coefficient (Wildman–Crippen LogP) is 7.43. The van der Waals surface area contributed by atoms with E-state index < -0.39 is 0 Å². The molecule has 0 spiro atoms. The molecule has 0 aliphatic carbocycles. The minimum atomic E-state index is 0. The summed E-state index contributed by atoms with van der Waals surface area (Å²) in [5.74, 6) is 0. The van der Waals surface area contributed by atoms with Gasteiger partial charge in [-0.05, 0) is 75.0 Å². The summed E-state index contributed by atoms with van der Waals surface area (Å²) < 4.78 is 2.78. The summed E-state index contributed by atoms with van der Waals surface area (Å²) in [5.41, 5.74) is 0. The number of benzene rings is 2. The van der Waals surface area contributed by atoms with Crippen molar-refractivity contribution in [2.75, 3.05) is 46.6 Å². The summed E-state index contributed by atoms with van der Waals surface area (Å²) >= 11 is 7.01. The molecule has 2 nitrogen and oxygen atoms in total. The zero-order valence-corrected chi connectivity index (χ0v) is 23.1. The molecule has 0 aliphatic heterocycles. The third kappa shape index (κ3) is 10.0. The van der Waals surface area contributed by atoms with E-state index in [1.165, 1.54) is 25.0 Å². The van der Waals surface area contributed by atoms with Crippen LogP contribution in [-0.4, -0.2) is 56.4 Å². The Morgan fingerprint density at radius 2 is 1.37 bits per heavy atom. The number of thiophene rings is 2. The Kier molecular flexibility index (Phi) is 13.7. The van der Waals surface area contributed by atoms with Crippen LogP contribution in [0, 0.1) is 0 Å².